The van der Waals surface area contributed by atoms with Crippen LogP contribution in [0.15, 0.2) is 24.3 Å². The minimum Gasteiger partial charge on any atom is -0.308 e. The zero-order valence-corrected chi connectivity index (χ0v) is 16.2. The molecule has 0 aliphatic rings. The summed E-state index contributed by atoms with van der Waals surface area (Å²) in [5.41, 5.74) is 2.03. The lowest BCUT2D eigenvalue weighted by atomic mass is 10.3. The normalized spacial score (nSPS) is 11.5. The van der Waals surface area contributed by atoms with Crippen LogP contribution in [0.1, 0.15) is 23.1 Å². The lowest BCUT2D eigenvalue weighted by molar-refractivity contribution is 0.0975. The van der Waals surface area contributed by atoms with E-state index in [0.717, 1.165) is 10.4 Å². The number of hydrogen-bond acceptors (Lipinski definition) is 5. The number of halogens is 1. The molecular weight excluding hydrogens is 353 g/mol. The average Bonchev–Trinajstić information content (AvgIpc) is 3.17. The third-order valence-electron chi connectivity index (χ3n) is 4.01. The number of hydrogen-bond donors (Lipinski definition) is 0. The van der Waals surface area contributed by atoms with Crippen molar-refractivity contribution in [2.45, 2.75) is 20.4 Å². The largest absolute Gasteiger partial charge is 0.308 e. The molecule has 0 atom stereocenters. The third-order valence-corrected chi connectivity index (χ3v) is 5.05. The van der Waals surface area contributed by atoms with Gasteiger partial charge in [-0.15, -0.1) is 0 Å². The number of likely N-dealkylation sites (N-methyl/N-ethyl adjacent to an activating group) is 1. The molecule has 0 spiro atoms. The minimum absolute atomic E-state index is 0.145. The summed E-state index contributed by atoms with van der Waals surface area (Å²) < 4.78 is 15.9. The Morgan fingerprint density at radius 2 is 2.04 bits per heavy atom. The van der Waals surface area contributed by atoms with Gasteiger partial charge in [-0.25, -0.2) is 9.37 Å². The Morgan fingerprint density at radius 1 is 1.27 bits per heavy atom. The number of nitrogens with zero attached hydrogens (tertiary/aromatic N) is 5. The average molecular weight is 375 g/mol. The van der Waals surface area contributed by atoms with Crippen molar-refractivity contribution < 1.29 is 9.18 Å². The first-order valence-electron chi connectivity index (χ1n) is 8.46. The lowest BCUT2D eigenvalue weighted by Crippen LogP contribution is -2.37. The van der Waals surface area contributed by atoms with Crippen LogP contribution < -0.4 is 4.90 Å². The summed E-state index contributed by atoms with van der Waals surface area (Å²) in [6.45, 7) is 5.61. The van der Waals surface area contributed by atoms with Crippen molar-refractivity contribution in [3.63, 3.8) is 0 Å². The van der Waals surface area contributed by atoms with Gasteiger partial charge < -0.3 is 4.90 Å². The van der Waals surface area contributed by atoms with E-state index < -0.39 is 0 Å². The molecule has 0 radical (unpaired) electrons. The zero-order valence-electron chi connectivity index (χ0n) is 15.4. The molecule has 3 rings (SSSR count). The fraction of sp³-hybridized carbons (Fsp3) is 0.389. The van der Waals surface area contributed by atoms with E-state index in [1.807, 2.05) is 32.8 Å². The van der Waals surface area contributed by atoms with Crippen LogP contribution in [0.25, 0.3) is 10.2 Å². The Labute approximate surface area is 155 Å². The molecule has 0 N–H and O–H groups in total. The molecule has 0 saturated carbocycles. The number of amides is 1. The summed E-state index contributed by atoms with van der Waals surface area (Å²) in [4.78, 5) is 21.5. The molecular formula is C18H22FN5OS. The Balaban J connectivity index is 2.01. The third kappa shape index (κ3) is 3.76. The van der Waals surface area contributed by atoms with Gasteiger partial charge in [0.2, 0.25) is 0 Å². The fourth-order valence-electron chi connectivity index (χ4n) is 2.68. The van der Waals surface area contributed by atoms with Crippen LogP contribution in [0.3, 0.4) is 0 Å². The van der Waals surface area contributed by atoms with Gasteiger partial charge in [-0.3, -0.25) is 14.4 Å². The topological polar surface area (TPSA) is 54.3 Å². The molecule has 1 amide bonds. The second-order valence-electron chi connectivity index (χ2n) is 6.36. The quantitative estimate of drug-likeness (QED) is 0.664. The second-order valence-corrected chi connectivity index (χ2v) is 7.36. The summed E-state index contributed by atoms with van der Waals surface area (Å²) in [7, 11) is 3.91. The maximum atomic E-state index is 13.5. The highest BCUT2D eigenvalue weighted by atomic mass is 32.1. The van der Waals surface area contributed by atoms with Crippen LogP contribution in [0.2, 0.25) is 0 Å². The number of thiazole rings is 1. The van der Waals surface area contributed by atoms with Gasteiger partial charge in [-0.2, -0.15) is 5.10 Å². The first-order chi connectivity index (χ1) is 12.4. The highest BCUT2D eigenvalue weighted by Gasteiger charge is 2.24. The van der Waals surface area contributed by atoms with E-state index in [0.29, 0.717) is 36.0 Å². The summed E-state index contributed by atoms with van der Waals surface area (Å²) in [6.07, 6.45) is 0. The number of anilines is 1. The van der Waals surface area contributed by atoms with Gasteiger partial charge in [0.05, 0.1) is 15.9 Å². The Hall–Kier alpha value is -2.32. The van der Waals surface area contributed by atoms with Crippen molar-refractivity contribution in [1.82, 2.24) is 19.7 Å². The van der Waals surface area contributed by atoms with E-state index in [-0.39, 0.29) is 11.7 Å². The first kappa shape index (κ1) is 18.5. The SMILES string of the molecule is CCn1nc(C)cc1C(=O)N(CCN(C)C)c1nc2ccc(F)cc2s1. The van der Waals surface area contributed by atoms with Gasteiger partial charge in [-0.05, 0) is 52.2 Å². The molecule has 26 heavy (non-hydrogen) atoms. The van der Waals surface area contributed by atoms with Gasteiger partial charge in [0.25, 0.3) is 5.91 Å². The van der Waals surface area contributed by atoms with Crippen molar-refractivity contribution in [1.29, 1.82) is 0 Å². The number of rotatable bonds is 6. The molecule has 138 valence electrons. The van der Waals surface area contributed by atoms with Crippen LogP contribution in [-0.4, -0.2) is 52.8 Å². The molecule has 6 nitrogen and oxygen atoms in total. The van der Waals surface area contributed by atoms with Gasteiger partial charge >= 0.3 is 0 Å². The lowest BCUT2D eigenvalue weighted by Gasteiger charge is -2.22. The molecule has 3 aromatic rings. The minimum atomic E-state index is -0.307. The summed E-state index contributed by atoms with van der Waals surface area (Å²) in [5, 5.41) is 4.94. The molecule has 2 aromatic heterocycles. The number of carbonyl (C=O) groups excluding carboxylic acids is 1. The molecule has 8 heteroatoms. The Kier molecular flexibility index (Phi) is 5.33. The molecule has 1 aromatic carbocycles. The number of fused-ring (bicyclic) bond motifs is 1. The highest BCUT2D eigenvalue weighted by Crippen LogP contribution is 2.30. The van der Waals surface area contributed by atoms with Gasteiger partial charge in [0, 0.05) is 19.6 Å². The van der Waals surface area contributed by atoms with Crippen LogP contribution in [0, 0.1) is 12.7 Å². The zero-order chi connectivity index (χ0) is 18.8. The van der Waals surface area contributed by atoms with Crippen molar-refractivity contribution in [2.75, 3.05) is 32.1 Å². The van der Waals surface area contributed by atoms with E-state index in [2.05, 4.69) is 10.1 Å². The molecule has 0 bridgehead atoms. The molecule has 0 unspecified atom stereocenters. The number of carbonyl (C=O) groups is 1. The molecule has 0 saturated heterocycles. The van der Waals surface area contributed by atoms with Crippen LogP contribution in [0.4, 0.5) is 9.52 Å². The highest BCUT2D eigenvalue weighted by molar-refractivity contribution is 7.22. The Bertz CT molecular complexity index is 933. The second kappa shape index (κ2) is 7.51. The van der Waals surface area contributed by atoms with E-state index >= 15 is 0 Å². The maximum Gasteiger partial charge on any atom is 0.278 e. The predicted molar refractivity (Wildman–Crippen MR) is 102 cm³/mol. The maximum absolute atomic E-state index is 13.5. The van der Waals surface area contributed by atoms with Crippen LogP contribution in [0.5, 0.6) is 0 Å². The van der Waals surface area contributed by atoms with Gasteiger partial charge in [0.15, 0.2) is 5.13 Å². The van der Waals surface area contributed by atoms with E-state index in [4.69, 9.17) is 0 Å². The van der Waals surface area contributed by atoms with Crippen molar-refractivity contribution in [2.24, 2.45) is 0 Å². The number of benzene rings is 1. The van der Waals surface area contributed by atoms with Crippen molar-refractivity contribution in [3.8, 4) is 0 Å². The van der Waals surface area contributed by atoms with Crippen LogP contribution in [-0.2, 0) is 6.54 Å². The van der Waals surface area contributed by atoms with E-state index in [1.165, 1.54) is 23.5 Å². The first-order valence-corrected chi connectivity index (χ1v) is 9.28. The van der Waals surface area contributed by atoms with Gasteiger partial charge in [-0.1, -0.05) is 11.3 Å². The Morgan fingerprint density at radius 3 is 2.73 bits per heavy atom. The number of aryl methyl sites for hydroxylation is 2. The smallest absolute Gasteiger partial charge is 0.278 e. The van der Waals surface area contributed by atoms with Crippen molar-refractivity contribution in [3.05, 3.63) is 41.5 Å². The van der Waals surface area contributed by atoms with E-state index in [1.54, 1.807) is 21.7 Å². The van der Waals surface area contributed by atoms with Crippen LogP contribution >= 0.6 is 11.3 Å². The summed E-state index contributed by atoms with van der Waals surface area (Å²) >= 11 is 1.32. The van der Waals surface area contributed by atoms with Gasteiger partial charge in [0.1, 0.15) is 11.5 Å². The van der Waals surface area contributed by atoms with Crippen molar-refractivity contribution >= 4 is 32.6 Å². The standard InChI is InChI=1S/C18H22FN5OS/c1-5-24-15(10-12(2)21-24)17(25)23(9-8-22(3)4)18-20-14-7-6-13(19)11-16(14)26-18/h6-7,10-11H,5,8-9H2,1-4H3. The fourth-order valence-corrected chi connectivity index (χ4v) is 3.70. The predicted octanol–water partition coefficient (Wildman–Crippen LogP) is 3.17. The monoisotopic (exact) mass is 375 g/mol. The van der Waals surface area contributed by atoms with E-state index in [9.17, 15) is 9.18 Å². The summed E-state index contributed by atoms with van der Waals surface area (Å²) in [6, 6.07) is 6.26. The number of aromatic nitrogens is 3. The summed E-state index contributed by atoms with van der Waals surface area (Å²) in [5.74, 6) is -0.451. The molecule has 0 aliphatic heterocycles. The molecule has 2 heterocycles. The molecule has 0 fully saturated rings. The molecule has 0 aliphatic carbocycles.